The van der Waals surface area contributed by atoms with Crippen molar-refractivity contribution >= 4 is 10.1 Å². The second kappa shape index (κ2) is 7.25. The van der Waals surface area contributed by atoms with Gasteiger partial charge in [0.25, 0.3) is 0 Å². The Labute approximate surface area is 100.0 Å². The van der Waals surface area contributed by atoms with E-state index >= 15 is 0 Å². The Kier molecular flexibility index (Phi) is 7.19. The molecule has 1 heterocycles. The Bertz CT molecular complexity index is 253. The number of rotatable bonds is 4. The summed E-state index contributed by atoms with van der Waals surface area (Å²) in [5, 5.41) is 0. The zero-order valence-electron chi connectivity index (χ0n) is 10.7. The van der Waals surface area contributed by atoms with Crippen molar-refractivity contribution in [3.8, 4) is 0 Å². The highest BCUT2D eigenvalue weighted by molar-refractivity contribution is 7.84. The molecule has 1 rings (SSSR count). The van der Waals surface area contributed by atoms with E-state index in [9.17, 15) is 0 Å². The fourth-order valence-electron chi connectivity index (χ4n) is 2.51. The molecular weight excluding hydrogens is 226 g/mol. The van der Waals surface area contributed by atoms with Crippen LogP contribution in [0, 0.1) is 0 Å². The summed E-state index contributed by atoms with van der Waals surface area (Å²) in [6.07, 6.45) is 6.27. The first-order valence-electron chi connectivity index (χ1n) is 6.09. The Morgan fingerprint density at radius 2 is 1.38 bits per heavy atom. The van der Waals surface area contributed by atoms with Gasteiger partial charge in [0.15, 0.2) is 0 Å². The highest BCUT2D eigenvalue weighted by Gasteiger charge is 2.29. The summed E-state index contributed by atoms with van der Waals surface area (Å²) in [6.45, 7) is 10.4. The topological polar surface area (TPSA) is 57.2 Å². The lowest BCUT2D eigenvalue weighted by Crippen LogP contribution is -2.46. The van der Waals surface area contributed by atoms with Crippen molar-refractivity contribution < 1.29 is 17.5 Å². The Balaban J connectivity index is 0.000000385. The number of hydrogen-bond donors (Lipinski definition) is 0. The molecule has 0 radical (unpaired) electrons. The van der Waals surface area contributed by atoms with Crippen LogP contribution >= 0.6 is 0 Å². The van der Waals surface area contributed by atoms with E-state index in [1.807, 2.05) is 0 Å². The lowest BCUT2D eigenvalue weighted by molar-refractivity contribution is -0.916. The molecular formula is C11H25NO3S. The summed E-state index contributed by atoms with van der Waals surface area (Å²) in [7, 11) is -3.92. The lowest BCUT2D eigenvalue weighted by atomic mass is 10.3. The van der Waals surface area contributed by atoms with Crippen molar-refractivity contribution in [1.29, 1.82) is 0 Å². The Morgan fingerprint density at radius 3 is 1.62 bits per heavy atom. The van der Waals surface area contributed by atoms with Gasteiger partial charge in [-0.05, 0) is 12.8 Å². The maximum absolute atomic E-state index is 9.08. The molecule has 5 heteroatoms. The van der Waals surface area contributed by atoms with Crippen molar-refractivity contribution in [3.05, 3.63) is 0 Å². The standard InChI is InChI=1S/C10H22N.CH4O3S/c1-3-7-11(8-4-2)9-5-6-10-11;1-5(2,3)4/h3-10H2,1-2H3;1H3,(H,2,3,4)/q+1;/p-1. The van der Waals surface area contributed by atoms with E-state index in [-0.39, 0.29) is 0 Å². The highest BCUT2D eigenvalue weighted by atomic mass is 32.2. The Hall–Kier alpha value is -0.130. The van der Waals surface area contributed by atoms with Crippen molar-refractivity contribution in [2.75, 3.05) is 32.4 Å². The van der Waals surface area contributed by atoms with Gasteiger partial charge in [0.05, 0.1) is 36.3 Å². The number of nitrogens with zero attached hydrogens (tertiary/aromatic N) is 1. The van der Waals surface area contributed by atoms with Crippen LogP contribution in [0.3, 0.4) is 0 Å². The van der Waals surface area contributed by atoms with E-state index in [2.05, 4.69) is 13.8 Å². The van der Waals surface area contributed by atoms with Gasteiger partial charge in [-0.25, -0.2) is 8.42 Å². The number of quaternary nitrogens is 1. The predicted molar refractivity (Wildman–Crippen MR) is 65.2 cm³/mol. The third kappa shape index (κ3) is 8.07. The fraction of sp³-hybridized carbons (Fsp3) is 1.00. The first-order valence-corrected chi connectivity index (χ1v) is 7.90. The number of hydrogen-bond acceptors (Lipinski definition) is 3. The minimum absolute atomic E-state index is 0.604. The molecule has 0 unspecified atom stereocenters. The number of likely N-dealkylation sites (tertiary alicyclic amines) is 1. The molecule has 0 atom stereocenters. The minimum Gasteiger partial charge on any atom is -0.748 e. The van der Waals surface area contributed by atoms with Crippen LogP contribution in [0.2, 0.25) is 0 Å². The lowest BCUT2D eigenvalue weighted by Gasteiger charge is -2.33. The van der Waals surface area contributed by atoms with Gasteiger partial charge in [0.1, 0.15) is 0 Å². The van der Waals surface area contributed by atoms with E-state index in [0.717, 1.165) is 0 Å². The summed E-state index contributed by atoms with van der Waals surface area (Å²) in [5.74, 6) is 0. The SMILES string of the molecule is CCC[N+]1(CCC)CCCC1.CS(=O)(=O)[O-]. The monoisotopic (exact) mass is 251 g/mol. The molecule has 1 fully saturated rings. The van der Waals surface area contributed by atoms with E-state index in [1.54, 1.807) is 0 Å². The average molecular weight is 251 g/mol. The summed E-state index contributed by atoms with van der Waals surface area (Å²) in [4.78, 5) is 0. The van der Waals surface area contributed by atoms with E-state index in [1.165, 1.54) is 56.3 Å². The fourth-order valence-corrected chi connectivity index (χ4v) is 2.51. The third-order valence-corrected chi connectivity index (χ3v) is 2.91. The van der Waals surface area contributed by atoms with Gasteiger partial charge in [0.2, 0.25) is 0 Å². The van der Waals surface area contributed by atoms with Crippen LogP contribution in [0.4, 0.5) is 0 Å². The molecule has 16 heavy (non-hydrogen) atoms. The van der Waals surface area contributed by atoms with Crippen LogP contribution in [0.25, 0.3) is 0 Å². The molecule has 1 saturated heterocycles. The quantitative estimate of drug-likeness (QED) is 0.563. The zero-order chi connectivity index (χ0) is 12.7. The second-order valence-electron chi connectivity index (χ2n) is 4.65. The molecule has 4 nitrogen and oxygen atoms in total. The summed E-state index contributed by atoms with van der Waals surface area (Å²) < 4.78 is 28.7. The van der Waals surface area contributed by atoms with Crippen molar-refractivity contribution in [3.63, 3.8) is 0 Å². The van der Waals surface area contributed by atoms with Gasteiger partial charge in [-0.1, -0.05) is 13.8 Å². The first-order chi connectivity index (χ1) is 7.33. The van der Waals surface area contributed by atoms with E-state index < -0.39 is 10.1 Å². The van der Waals surface area contributed by atoms with Gasteiger partial charge >= 0.3 is 0 Å². The molecule has 0 aromatic heterocycles. The molecule has 0 saturated carbocycles. The molecule has 1 aliphatic heterocycles. The molecule has 0 N–H and O–H groups in total. The second-order valence-corrected chi connectivity index (χ2v) is 6.06. The predicted octanol–water partition coefficient (Wildman–Crippen LogP) is 1.58. The normalized spacial score (nSPS) is 19.0. The first kappa shape index (κ1) is 15.9. The molecule has 98 valence electrons. The van der Waals surface area contributed by atoms with Gasteiger partial charge in [-0.15, -0.1) is 0 Å². The van der Waals surface area contributed by atoms with Crippen molar-refractivity contribution in [1.82, 2.24) is 0 Å². The van der Waals surface area contributed by atoms with Crippen molar-refractivity contribution in [2.24, 2.45) is 0 Å². The van der Waals surface area contributed by atoms with Gasteiger partial charge < -0.3 is 9.04 Å². The van der Waals surface area contributed by atoms with Gasteiger partial charge in [-0.2, -0.15) is 0 Å². The maximum Gasteiger partial charge on any atom is 0.0916 e. The molecule has 0 aromatic rings. The molecule has 0 amide bonds. The van der Waals surface area contributed by atoms with Crippen molar-refractivity contribution in [2.45, 2.75) is 39.5 Å². The summed E-state index contributed by atoms with van der Waals surface area (Å²) >= 11 is 0. The van der Waals surface area contributed by atoms with Crippen LogP contribution < -0.4 is 0 Å². The third-order valence-electron chi connectivity index (χ3n) is 2.91. The zero-order valence-corrected chi connectivity index (χ0v) is 11.6. The molecule has 1 aliphatic rings. The van der Waals surface area contributed by atoms with Gasteiger partial charge in [-0.3, -0.25) is 0 Å². The molecule has 0 bridgehead atoms. The van der Waals surface area contributed by atoms with Crippen LogP contribution in [0.5, 0.6) is 0 Å². The van der Waals surface area contributed by atoms with Crippen LogP contribution in [0.1, 0.15) is 39.5 Å². The van der Waals surface area contributed by atoms with Gasteiger partial charge in [0, 0.05) is 19.1 Å². The smallest absolute Gasteiger partial charge is 0.0916 e. The summed E-state index contributed by atoms with van der Waals surface area (Å²) in [5.41, 5.74) is 0. The Morgan fingerprint density at radius 1 is 1.06 bits per heavy atom. The largest absolute Gasteiger partial charge is 0.748 e. The van der Waals surface area contributed by atoms with Crippen LogP contribution in [0.15, 0.2) is 0 Å². The minimum atomic E-state index is -3.92. The molecule has 0 aliphatic carbocycles. The van der Waals surface area contributed by atoms with Crippen LogP contribution in [-0.4, -0.2) is 49.9 Å². The highest BCUT2D eigenvalue weighted by Crippen LogP contribution is 2.20. The average Bonchev–Trinajstić information content (AvgIpc) is 2.51. The maximum atomic E-state index is 9.08. The summed E-state index contributed by atoms with van der Waals surface area (Å²) in [6, 6.07) is 0. The van der Waals surface area contributed by atoms with Crippen LogP contribution in [-0.2, 0) is 10.1 Å². The van der Waals surface area contributed by atoms with E-state index in [0.29, 0.717) is 6.26 Å². The molecule has 0 aromatic carbocycles. The van der Waals surface area contributed by atoms with E-state index in [4.69, 9.17) is 13.0 Å². The molecule has 0 spiro atoms.